The SMILES string of the molecule is CC(NC(=O)/C=C/c1ccccc1)C(=O)Nc1cc(-c2cccs2)[nH]n1. The summed E-state index contributed by atoms with van der Waals surface area (Å²) in [6.07, 6.45) is 3.10. The number of nitrogens with zero attached hydrogens (tertiary/aromatic N) is 1. The summed E-state index contributed by atoms with van der Waals surface area (Å²) >= 11 is 1.58. The van der Waals surface area contributed by atoms with Crippen molar-refractivity contribution in [3.05, 3.63) is 65.6 Å². The highest BCUT2D eigenvalue weighted by molar-refractivity contribution is 7.13. The Morgan fingerprint density at radius 1 is 1.19 bits per heavy atom. The number of aromatic amines is 1. The largest absolute Gasteiger partial charge is 0.341 e. The predicted octanol–water partition coefficient (Wildman–Crippen LogP) is 3.29. The molecule has 26 heavy (non-hydrogen) atoms. The van der Waals surface area contributed by atoms with Gasteiger partial charge in [-0.05, 0) is 30.0 Å². The third-order valence-corrected chi connectivity index (χ3v) is 4.50. The van der Waals surface area contributed by atoms with Crippen LogP contribution in [-0.2, 0) is 9.59 Å². The van der Waals surface area contributed by atoms with Crippen LogP contribution in [-0.4, -0.2) is 28.1 Å². The summed E-state index contributed by atoms with van der Waals surface area (Å²) in [7, 11) is 0. The van der Waals surface area contributed by atoms with Crippen molar-refractivity contribution < 1.29 is 9.59 Å². The number of amides is 2. The number of benzene rings is 1. The van der Waals surface area contributed by atoms with Crippen molar-refractivity contribution in [3.63, 3.8) is 0 Å². The van der Waals surface area contributed by atoms with E-state index in [1.807, 2.05) is 47.8 Å². The minimum atomic E-state index is -0.690. The van der Waals surface area contributed by atoms with Gasteiger partial charge in [0.15, 0.2) is 5.82 Å². The number of carbonyl (C=O) groups is 2. The van der Waals surface area contributed by atoms with E-state index in [1.54, 1.807) is 30.4 Å². The summed E-state index contributed by atoms with van der Waals surface area (Å²) in [6, 6.07) is 14.4. The average molecular weight is 366 g/mol. The lowest BCUT2D eigenvalue weighted by Gasteiger charge is -2.11. The van der Waals surface area contributed by atoms with Gasteiger partial charge in [0.25, 0.3) is 0 Å². The van der Waals surface area contributed by atoms with E-state index in [-0.39, 0.29) is 11.8 Å². The molecule has 0 radical (unpaired) electrons. The molecule has 2 heterocycles. The molecule has 132 valence electrons. The van der Waals surface area contributed by atoms with E-state index in [9.17, 15) is 9.59 Å². The highest BCUT2D eigenvalue weighted by Crippen LogP contribution is 2.24. The highest BCUT2D eigenvalue weighted by atomic mass is 32.1. The molecular weight excluding hydrogens is 348 g/mol. The van der Waals surface area contributed by atoms with Crippen molar-refractivity contribution >= 4 is 35.0 Å². The first-order valence-electron chi connectivity index (χ1n) is 8.05. The Labute approximate surface area is 155 Å². The number of nitrogens with one attached hydrogen (secondary N) is 3. The topological polar surface area (TPSA) is 86.9 Å². The van der Waals surface area contributed by atoms with E-state index in [2.05, 4.69) is 20.8 Å². The lowest BCUT2D eigenvalue weighted by Crippen LogP contribution is -2.40. The molecule has 0 saturated carbocycles. The summed E-state index contributed by atoms with van der Waals surface area (Å²) in [5.41, 5.74) is 1.75. The Bertz CT molecular complexity index is 901. The fourth-order valence-corrected chi connectivity index (χ4v) is 2.93. The number of hydrogen-bond donors (Lipinski definition) is 3. The van der Waals surface area contributed by atoms with Crippen LogP contribution in [0.15, 0.2) is 60.0 Å². The van der Waals surface area contributed by atoms with Crippen molar-refractivity contribution in [3.8, 4) is 10.6 Å². The molecule has 0 fully saturated rings. The smallest absolute Gasteiger partial charge is 0.247 e. The normalized spacial score (nSPS) is 12.0. The first kappa shape index (κ1) is 17.6. The number of aromatic nitrogens is 2. The van der Waals surface area contributed by atoms with Crippen LogP contribution < -0.4 is 10.6 Å². The van der Waals surface area contributed by atoms with Crippen molar-refractivity contribution in [2.45, 2.75) is 13.0 Å². The van der Waals surface area contributed by atoms with Crippen LogP contribution in [0.4, 0.5) is 5.82 Å². The Kier molecular flexibility index (Phi) is 5.60. The molecular formula is C19H18N4O2S. The van der Waals surface area contributed by atoms with Crippen LogP contribution in [0.2, 0.25) is 0 Å². The second-order valence-electron chi connectivity index (χ2n) is 5.61. The fourth-order valence-electron chi connectivity index (χ4n) is 2.24. The van der Waals surface area contributed by atoms with Crippen LogP contribution in [0.1, 0.15) is 12.5 Å². The van der Waals surface area contributed by atoms with Crippen molar-refractivity contribution in [2.75, 3.05) is 5.32 Å². The van der Waals surface area contributed by atoms with Crippen LogP contribution in [0, 0.1) is 0 Å². The van der Waals surface area contributed by atoms with Gasteiger partial charge in [-0.1, -0.05) is 36.4 Å². The lowest BCUT2D eigenvalue weighted by molar-refractivity contribution is -0.123. The van der Waals surface area contributed by atoms with Crippen molar-refractivity contribution in [1.82, 2.24) is 15.5 Å². The highest BCUT2D eigenvalue weighted by Gasteiger charge is 2.16. The molecule has 2 aromatic heterocycles. The summed E-state index contributed by atoms with van der Waals surface area (Å²) < 4.78 is 0. The molecule has 0 bridgehead atoms. The molecule has 0 aliphatic rings. The molecule has 7 heteroatoms. The zero-order valence-electron chi connectivity index (χ0n) is 14.1. The minimum absolute atomic E-state index is 0.335. The average Bonchev–Trinajstić information content (AvgIpc) is 3.32. The molecule has 2 amide bonds. The molecule has 0 spiro atoms. The monoisotopic (exact) mass is 366 g/mol. The standard InChI is InChI=1S/C19H18N4O2S/c1-13(20-18(24)10-9-14-6-3-2-4-7-14)19(25)21-17-12-15(22-23-17)16-8-5-11-26-16/h2-13H,1H3,(H,20,24)(H2,21,22,23,25)/b10-9+. The maximum atomic E-state index is 12.2. The minimum Gasteiger partial charge on any atom is -0.341 e. The zero-order chi connectivity index (χ0) is 18.4. The molecule has 3 rings (SSSR count). The maximum absolute atomic E-state index is 12.2. The van der Waals surface area contributed by atoms with E-state index in [1.165, 1.54) is 6.08 Å². The summed E-state index contributed by atoms with van der Waals surface area (Å²) in [5, 5.41) is 14.2. The number of carbonyl (C=O) groups excluding carboxylic acids is 2. The van der Waals surface area contributed by atoms with Gasteiger partial charge in [-0.3, -0.25) is 14.7 Å². The van der Waals surface area contributed by atoms with Gasteiger partial charge in [-0.25, -0.2) is 0 Å². The zero-order valence-corrected chi connectivity index (χ0v) is 14.9. The number of thiophene rings is 1. The van der Waals surface area contributed by atoms with E-state index in [4.69, 9.17) is 0 Å². The lowest BCUT2D eigenvalue weighted by atomic mass is 10.2. The maximum Gasteiger partial charge on any atom is 0.247 e. The van der Waals surface area contributed by atoms with Gasteiger partial charge in [0.05, 0.1) is 10.6 Å². The van der Waals surface area contributed by atoms with Gasteiger partial charge >= 0.3 is 0 Å². The van der Waals surface area contributed by atoms with Gasteiger partial charge < -0.3 is 10.6 Å². The second kappa shape index (κ2) is 8.26. The number of hydrogen-bond acceptors (Lipinski definition) is 4. The van der Waals surface area contributed by atoms with Crippen LogP contribution >= 0.6 is 11.3 Å². The predicted molar refractivity (Wildman–Crippen MR) is 104 cm³/mol. The van der Waals surface area contributed by atoms with E-state index < -0.39 is 6.04 Å². The summed E-state index contributed by atoms with van der Waals surface area (Å²) in [4.78, 5) is 25.2. The molecule has 3 N–H and O–H groups in total. The van der Waals surface area contributed by atoms with Gasteiger partial charge in [0.2, 0.25) is 11.8 Å². The quantitative estimate of drug-likeness (QED) is 0.585. The van der Waals surface area contributed by atoms with Crippen LogP contribution in [0.25, 0.3) is 16.6 Å². The van der Waals surface area contributed by atoms with Gasteiger partial charge in [-0.2, -0.15) is 5.10 Å². The summed E-state index contributed by atoms with van der Waals surface area (Å²) in [5.74, 6) is -0.257. The Balaban J connectivity index is 1.53. The molecule has 0 aliphatic carbocycles. The van der Waals surface area contributed by atoms with Crippen molar-refractivity contribution in [1.29, 1.82) is 0 Å². The van der Waals surface area contributed by atoms with Gasteiger partial charge in [0, 0.05) is 12.1 Å². The first-order valence-corrected chi connectivity index (χ1v) is 8.93. The van der Waals surface area contributed by atoms with E-state index in [0.717, 1.165) is 16.1 Å². The molecule has 3 aromatic rings. The molecule has 1 aromatic carbocycles. The van der Waals surface area contributed by atoms with E-state index in [0.29, 0.717) is 5.82 Å². The third-order valence-electron chi connectivity index (χ3n) is 3.59. The Morgan fingerprint density at radius 2 is 2.00 bits per heavy atom. The molecule has 0 aliphatic heterocycles. The third kappa shape index (κ3) is 4.67. The molecule has 6 nitrogen and oxygen atoms in total. The fraction of sp³-hybridized carbons (Fsp3) is 0.105. The molecule has 0 saturated heterocycles. The number of anilines is 1. The Morgan fingerprint density at radius 3 is 2.73 bits per heavy atom. The van der Waals surface area contributed by atoms with Gasteiger partial charge in [-0.15, -0.1) is 11.3 Å². The van der Waals surface area contributed by atoms with E-state index >= 15 is 0 Å². The second-order valence-corrected chi connectivity index (χ2v) is 6.56. The van der Waals surface area contributed by atoms with Crippen LogP contribution in [0.3, 0.4) is 0 Å². The molecule has 1 unspecified atom stereocenters. The van der Waals surface area contributed by atoms with Gasteiger partial charge in [0.1, 0.15) is 6.04 Å². The van der Waals surface area contributed by atoms with Crippen molar-refractivity contribution in [2.24, 2.45) is 0 Å². The summed E-state index contributed by atoms with van der Waals surface area (Å²) in [6.45, 7) is 1.62. The number of rotatable bonds is 6. The number of H-pyrrole nitrogens is 1. The molecule has 1 atom stereocenters. The Hall–Kier alpha value is -3.19. The first-order chi connectivity index (χ1) is 12.6. The van der Waals surface area contributed by atoms with Crippen LogP contribution in [0.5, 0.6) is 0 Å².